The molecule has 0 aromatic heterocycles. The van der Waals surface area contributed by atoms with Gasteiger partial charge in [-0.2, -0.15) is 0 Å². The molecule has 0 radical (unpaired) electrons. The van der Waals surface area contributed by atoms with Gasteiger partial charge in [0.1, 0.15) is 11.6 Å². The van der Waals surface area contributed by atoms with E-state index in [9.17, 15) is 17.8 Å². The van der Waals surface area contributed by atoms with Crippen molar-refractivity contribution in [1.29, 1.82) is 0 Å². The topological polar surface area (TPSA) is 72.2 Å². The number of carbonyl (C=O) groups is 1. The average molecular weight is 380 g/mol. The van der Waals surface area contributed by atoms with Crippen LogP contribution in [0.1, 0.15) is 18.4 Å². The van der Waals surface area contributed by atoms with E-state index >= 15 is 0 Å². The Morgan fingerprint density at radius 2 is 1.77 bits per heavy atom. The van der Waals surface area contributed by atoms with Crippen molar-refractivity contribution in [2.45, 2.75) is 30.2 Å². The van der Waals surface area contributed by atoms with Crippen LogP contribution >= 0.6 is 0 Å². The summed E-state index contributed by atoms with van der Waals surface area (Å²) in [6.45, 7) is 0.332. The molecule has 4 nitrogen and oxygen atoms in total. The zero-order chi connectivity index (χ0) is 18.9. The van der Waals surface area contributed by atoms with Crippen molar-refractivity contribution in [2.75, 3.05) is 12.3 Å². The van der Waals surface area contributed by atoms with Crippen LogP contribution < -0.4 is 11.1 Å². The van der Waals surface area contributed by atoms with Gasteiger partial charge < -0.3 is 11.1 Å². The van der Waals surface area contributed by atoms with Gasteiger partial charge in [0.25, 0.3) is 0 Å². The van der Waals surface area contributed by atoms with Gasteiger partial charge in [0.2, 0.25) is 5.91 Å². The number of benzene rings is 2. The molecule has 2 atom stereocenters. The van der Waals surface area contributed by atoms with Gasteiger partial charge in [0.15, 0.2) is 0 Å². The minimum absolute atomic E-state index is 0.0973. The first-order chi connectivity index (χ1) is 12.5. The second-order valence-electron chi connectivity index (χ2n) is 5.94. The van der Waals surface area contributed by atoms with Crippen LogP contribution in [0.4, 0.5) is 8.78 Å². The first-order valence-electron chi connectivity index (χ1n) is 8.35. The van der Waals surface area contributed by atoms with Crippen LogP contribution in [0.3, 0.4) is 0 Å². The third-order valence-corrected chi connectivity index (χ3v) is 5.18. The smallest absolute Gasteiger partial charge is 0.221 e. The first-order valence-corrected chi connectivity index (χ1v) is 9.67. The Morgan fingerprint density at radius 3 is 2.38 bits per heavy atom. The van der Waals surface area contributed by atoms with Crippen molar-refractivity contribution in [3.63, 3.8) is 0 Å². The molecule has 2 unspecified atom stereocenters. The number of hydrogen-bond acceptors (Lipinski definition) is 3. The molecule has 0 bridgehead atoms. The molecule has 0 saturated carbocycles. The predicted molar refractivity (Wildman–Crippen MR) is 98.0 cm³/mol. The largest absolute Gasteiger partial charge is 0.353 e. The van der Waals surface area contributed by atoms with Gasteiger partial charge >= 0.3 is 0 Å². The van der Waals surface area contributed by atoms with Gasteiger partial charge in [0, 0.05) is 29.2 Å². The maximum atomic E-state index is 13.3. The Hall–Kier alpha value is -2.12. The lowest BCUT2D eigenvalue weighted by atomic mass is 10.0. The zero-order valence-corrected chi connectivity index (χ0v) is 15.1. The van der Waals surface area contributed by atoms with Crippen molar-refractivity contribution in [3.05, 3.63) is 65.7 Å². The molecule has 0 aliphatic rings. The normalized spacial score (nSPS) is 13.2. The molecular weight excluding hydrogens is 358 g/mol. The molecule has 0 fully saturated rings. The number of rotatable bonds is 9. The number of halogens is 2. The number of nitrogens with two attached hydrogens (primary N) is 1. The highest BCUT2D eigenvalue weighted by atomic mass is 32.2. The van der Waals surface area contributed by atoms with Crippen molar-refractivity contribution in [3.8, 4) is 0 Å². The van der Waals surface area contributed by atoms with E-state index in [1.165, 1.54) is 12.1 Å². The third-order valence-electron chi connectivity index (χ3n) is 3.81. The highest BCUT2D eigenvalue weighted by molar-refractivity contribution is 7.85. The molecule has 1 amide bonds. The Balaban J connectivity index is 1.89. The summed E-state index contributed by atoms with van der Waals surface area (Å²) in [5.74, 6) is -1.36. The molecule has 0 spiro atoms. The van der Waals surface area contributed by atoms with Gasteiger partial charge in [-0.05, 0) is 49.2 Å². The summed E-state index contributed by atoms with van der Waals surface area (Å²) in [5.41, 5.74) is 6.02. The van der Waals surface area contributed by atoms with Gasteiger partial charge in [-0.3, -0.25) is 9.00 Å². The van der Waals surface area contributed by atoms with Gasteiger partial charge in [0.05, 0.1) is 10.8 Å². The monoisotopic (exact) mass is 380 g/mol. The van der Waals surface area contributed by atoms with Gasteiger partial charge in [-0.15, -0.1) is 0 Å². The van der Waals surface area contributed by atoms with E-state index in [1.54, 1.807) is 24.3 Å². The van der Waals surface area contributed by atoms with Crippen molar-refractivity contribution in [2.24, 2.45) is 5.73 Å². The lowest BCUT2D eigenvalue weighted by molar-refractivity contribution is -0.121. The Bertz CT molecular complexity index is 736. The minimum atomic E-state index is -1.25. The molecule has 140 valence electrons. The molecule has 0 aliphatic heterocycles. The Morgan fingerprint density at radius 1 is 1.12 bits per heavy atom. The average Bonchev–Trinajstić information content (AvgIpc) is 2.59. The summed E-state index contributed by atoms with van der Waals surface area (Å²) in [6.07, 6.45) is 0.852. The minimum Gasteiger partial charge on any atom is -0.353 e. The molecule has 7 heteroatoms. The molecule has 2 aromatic rings. The third kappa shape index (κ3) is 6.65. The quantitative estimate of drug-likeness (QED) is 0.702. The predicted octanol–water partition coefficient (Wildman–Crippen LogP) is 2.54. The van der Waals surface area contributed by atoms with E-state index in [0.29, 0.717) is 23.4 Å². The van der Waals surface area contributed by atoms with E-state index < -0.39 is 22.4 Å². The Labute approximate surface area is 154 Å². The molecule has 3 N–H and O–H groups in total. The van der Waals surface area contributed by atoms with Crippen molar-refractivity contribution >= 4 is 16.7 Å². The van der Waals surface area contributed by atoms with Crippen LogP contribution in [-0.4, -0.2) is 28.5 Å². The molecule has 0 saturated heterocycles. The van der Waals surface area contributed by atoms with Crippen LogP contribution in [0.2, 0.25) is 0 Å². The molecule has 0 aliphatic carbocycles. The van der Waals surface area contributed by atoms with Crippen molar-refractivity contribution < 1.29 is 17.8 Å². The van der Waals surface area contributed by atoms with Gasteiger partial charge in [-0.25, -0.2) is 8.78 Å². The molecule has 0 heterocycles. The first kappa shape index (κ1) is 20.2. The van der Waals surface area contributed by atoms with E-state index in [-0.39, 0.29) is 30.5 Å². The summed E-state index contributed by atoms with van der Waals surface area (Å²) in [7, 11) is -1.25. The fraction of sp³-hybridized carbons (Fsp3) is 0.316. The summed E-state index contributed by atoms with van der Waals surface area (Å²) >= 11 is 0. The highest BCUT2D eigenvalue weighted by Crippen LogP contribution is 2.12. The maximum absolute atomic E-state index is 13.3. The lowest BCUT2D eigenvalue weighted by Gasteiger charge is -2.18. The number of carbonyl (C=O) groups excluding carboxylic acids is 1. The van der Waals surface area contributed by atoms with E-state index in [1.807, 2.05) is 6.07 Å². The maximum Gasteiger partial charge on any atom is 0.221 e. The van der Waals surface area contributed by atoms with E-state index in [2.05, 4.69) is 5.32 Å². The van der Waals surface area contributed by atoms with Crippen LogP contribution in [0.25, 0.3) is 0 Å². The summed E-state index contributed by atoms with van der Waals surface area (Å²) < 4.78 is 38.8. The second kappa shape index (κ2) is 10.1. The summed E-state index contributed by atoms with van der Waals surface area (Å²) in [4.78, 5) is 12.8. The number of nitrogens with one attached hydrogen (secondary N) is 1. The molecule has 2 rings (SSSR count). The fourth-order valence-electron chi connectivity index (χ4n) is 2.62. The van der Waals surface area contributed by atoms with Crippen LogP contribution in [0.5, 0.6) is 0 Å². The van der Waals surface area contributed by atoms with Crippen molar-refractivity contribution in [1.82, 2.24) is 5.32 Å². The SMILES string of the molecule is NCCC(Cc1cc(F)cc(F)c1)NC(=O)CCS(=O)c1ccccc1. The molecule has 26 heavy (non-hydrogen) atoms. The van der Waals surface area contributed by atoms with E-state index in [4.69, 9.17) is 5.73 Å². The number of hydrogen-bond donors (Lipinski definition) is 2. The zero-order valence-electron chi connectivity index (χ0n) is 14.3. The Kier molecular flexibility index (Phi) is 7.87. The highest BCUT2D eigenvalue weighted by Gasteiger charge is 2.15. The van der Waals surface area contributed by atoms with Crippen LogP contribution in [0, 0.1) is 11.6 Å². The van der Waals surface area contributed by atoms with Gasteiger partial charge in [-0.1, -0.05) is 18.2 Å². The standard InChI is InChI=1S/C19H22F2N2O2S/c20-15-10-14(11-16(21)13-15)12-17(6-8-22)23-19(24)7-9-26(25)18-4-2-1-3-5-18/h1-5,10-11,13,17H,6-9,12,22H2,(H,23,24). The summed E-state index contributed by atoms with van der Waals surface area (Å²) in [5, 5.41) is 2.81. The molecule has 2 aromatic carbocycles. The van der Waals surface area contributed by atoms with Crippen LogP contribution in [0.15, 0.2) is 53.4 Å². The fourth-order valence-corrected chi connectivity index (χ4v) is 3.68. The lowest BCUT2D eigenvalue weighted by Crippen LogP contribution is -2.38. The molecular formula is C19H22F2N2O2S. The number of amides is 1. The second-order valence-corrected chi connectivity index (χ2v) is 7.51. The summed E-state index contributed by atoms with van der Waals surface area (Å²) in [6, 6.07) is 11.9. The van der Waals surface area contributed by atoms with E-state index in [0.717, 1.165) is 6.07 Å². The van der Waals surface area contributed by atoms with Crippen LogP contribution in [-0.2, 0) is 22.0 Å².